The van der Waals surface area contributed by atoms with Gasteiger partial charge < -0.3 is 20.7 Å². The molecular formula is C20H16N4O6. The van der Waals surface area contributed by atoms with Crippen molar-refractivity contribution in [1.82, 2.24) is 0 Å². The van der Waals surface area contributed by atoms with E-state index in [-0.39, 0.29) is 0 Å². The molecular weight excluding hydrogens is 392 g/mol. The van der Waals surface area contributed by atoms with Gasteiger partial charge in [-0.05, 0) is 35.4 Å². The Kier molecular flexibility index (Phi) is 7.29. The van der Waals surface area contributed by atoms with Gasteiger partial charge in [0.1, 0.15) is 5.69 Å². The molecule has 0 aliphatic rings. The number of nitro groups is 1. The average molecular weight is 408 g/mol. The first-order valence-corrected chi connectivity index (χ1v) is 8.38. The van der Waals surface area contributed by atoms with Crippen LogP contribution in [0, 0.1) is 10.1 Å². The smallest absolute Gasteiger partial charge is 0.336 e. The minimum absolute atomic E-state index is 0.501. The van der Waals surface area contributed by atoms with E-state index >= 15 is 0 Å². The summed E-state index contributed by atoms with van der Waals surface area (Å²) in [5.41, 5.74) is 6.39. The lowest BCUT2D eigenvalue weighted by molar-refractivity contribution is -0.433. The van der Waals surface area contributed by atoms with Gasteiger partial charge in [0, 0.05) is 35.5 Å². The second kappa shape index (κ2) is 10.1. The van der Waals surface area contributed by atoms with Crippen molar-refractivity contribution in [3.63, 3.8) is 0 Å². The standard InChI is InChI=1S/C12H11N3.C8H5NO6/c13-10-6-8-12(9-7-10)15-14-11-4-2-1-3-5-11;10-7(11)5-2-1-4(9(14)15)3-6(5)8(12)13/h1-9H,13H2;1-3H,(H,10,11)(H,12,13). The number of aromatic carboxylic acids is 2. The van der Waals surface area contributed by atoms with Crippen molar-refractivity contribution in [2.75, 3.05) is 5.73 Å². The number of hydrogen-bond donors (Lipinski definition) is 3. The predicted molar refractivity (Wildman–Crippen MR) is 104 cm³/mol. The normalized spacial score (nSPS) is 10.1. The van der Waals surface area contributed by atoms with E-state index in [1.807, 2.05) is 54.6 Å². The molecule has 0 spiro atoms. The van der Waals surface area contributed by atoms with Crippen LogP contribution in [0.15, 0.2) is 77.9 Å². The average Bonchev–Trinajstić information content (AvgIpc) is 2.74. The Balaban J connectivity index is 0.000000214. The summed E-state index contributed by atoms with van der Waals surface area (Å²) < 4.78 is 0. The third-order valence-electron chi connectivity index (χ3n) is 3.65. The summed E-state index contributed by atoms with van der Waals surface area (Å²) in [6.07, 6.45) is 0. The highest BCUT2D eigenvalue weighted by Gasteiger charge is 2.15. The lowest BCUT2D eigenvalue weighted by Crippen LogP contribution is -2.57. The van der Waals surface area contributed by atoms with Crippen molar-refractivity contribution in [3.8, 4) is 0 Å². The van der Waals surface area contributed by atoms with Gasteiger partial charge in [0.15, 0.2) is 0 Å². The summed E-state index contributed by atoms with van der Waals surface area (Å²) in [6.45, 7) is 0. The van der Waals surface area contributed by atoms with E-state index in [4.69, 9.17) is 10.8 Å². The number of carbonyl (C=O) groups is 2. The van der Waals surface area contributed by atoms with E-state index in [2.05, 4.69) is 10.2 Å². The molecule has 30 heavy (non-hydrogen) atoms. The Morgan fingerprint density at radius 1 is 0.967 bits per heavy atom. The van der Waals surface area contributed by atoms with Crippen LogP contribution in [-0.2, 0) is 0 Å². The molecule has 10 heteroatoms. The summed E-state index contributed by atoms with van der Waals surface area (Å²) in [7, 11) is 0. The number of carboxylic acid groups (broad SMARTS) is 2. The Morgan fingerprint density at radius 2 is 1.60 bits per heavy atom. The molecule has 0 saturated carbocycles. The van der Waals surface area contributed by atoms with Gasteiger partial charge in [-0.1, -0.05) is 23.3 Å². The molecule has 0 saturated heterocycles. The number of nitrogens with one attached hydrogen (secondary N) is 1. The lowest BCUT2D eigenvalue weighted by Gasteiger charge is -2.05. The maximum atomic E-state index is 10.5. The van der Waals surface area contributed by atoms with Gasteiger partial charge in [-0.15, -0.1) is 0 Å². The Bertz CT molecular complexity index is 1080. The molecule has 0 atom stereocenters. The molecule has 0 aliphatic heterocycles. The molecule has 0 amide bonds. The topological polar surface area (TPSA) is 173 Å². The van der Waals surface area contributed by atoms with Crippen molar-refractivity contribution < 1.29 is 29.8 Å². The molecule has 10 nitrogen and oxygen atoms in total. The molecule has 0 aromatic heterocycles. The molecule has 4 N–H and O–H groups in total. The molecule has 3 aromatic carbocycles. The number of carboxylic acids is 2. The fourth-order valence-electron chi connectivity index (χ4n) is 2.19. The SMILES string of the molecule is Nc1ccc([NH+]=Nc2ccccc2)cc1.O=C([O-])c1cc([N+](=O)[O-])ccc1C(=O)O. The Hall–Kier alpha value is -4.60. The molecule has 3 rings (SSSR count). The zero-order valence-corrected chi connectivity index (χ0v) is 15.4. The molecule has 0 aliphatic carbocycles. The molecule has 152 valence electrons. The third-order valence-corrected chi connectivity index (χ3v) is 3.65. The first-order chi connectivity index (χ1) is 14.3. The van der Waals surface area contributed by atoms with Crippen LogP contribution in [-0.4, -0.2) is 22.0 Å². The van der Waals surface area contributed by atoms with Crippen molar-refractivity contribution in [3.05, 3.63) is 94.0 Å². The number of carbonyl (C=O) groups excluding carboxylic acids is 1. The van der Waals surface area contributed by atoms with Gasteiger partial charge in [0.25, 0.3) is 5.69 Å². The van der Waals surface area contributed by atoms with Crippen molar-refractivity contribution in [2.45, 2.75) is 0 Å². The van der Waals surface area contributed by atoms with Gasteiger partial charge in [0.05, 0.1) is 16.5 Å². The number of nitrogens with zero attached hydrogens (tertiary/aromatic N) is 2. The zero-order chi connectivity index (χ0) is 22.1. The quantitative estimate of drug-likeness (QED) is 0.248. The number of benzene rings is 3. The van der Waals surface area contributed by atoms with Crippen LogP contribution in [0.5, 0.6) is 0 Å². The van der Waals surface area contributed by atoms with E-state index in [1.54, 1.807) is 0 Å². The van der Waals surface area contributed by atoms with E-state index in [0.717, 1.165) is 29.2 Å². The lowest BCUT2D eigenvalue weighted by atomic mass is 10.1. The third kappa shape index (κ3) is 6.23. The summed E-state index contributed by atoms with van der Waals surface area (Å²) in [5.74, 6) is -3.25. The minimum Gasteiger partial charge on any atom is -0.545 e. The van der Waals surface area contributed by atoms with Gasteiger partial charge in [0.2, 0.25) is 5.69 Å². The van der Waals surface area contributed by atoms with Crippen molar-refractivity contribution in [1.29, 1.82) is 0 Å². The van der Waals surface area contributed by atoms with Crippen molar-refractivity contribution in [2.24, 2.45) is 5.11 Å². The second-order valence-electron chi connectivity index (χ2n) is 5.76. The highest BCUT2D eigenvalue weighted by molar-refractivity contribution is 6.01. The summed E-state index contributed by atoms with van der Waals surface area (Å²) in [5, 5.41) is 36.6. The van der Waals surface area contributed by atoms with Gasteiger partial charge >= 0.3 is 5.97 Å². The number of azo groups is 1. The first kappa shape index (κ1) is 21.7. The number of non-ortho nitro benzene ring substituents is 1. The number of hydrogen-bond acceptors (Lipinski definition) is 7. The zero-order valence-electron chi connectivity index (χ0n) is 15.4. The Labute approximate surface area is 170 Å². The molecule has 0 heterocycles. The molecule has 0 unspecified atom stereocenters. The van der Waals surface area contributed by atoms with Crippen LogP contribution in [0.1, 0.15) is 20.7 Å². The molecule has 3 aromatic rings. The van der Waals surface area contributed by atoms with E-state index in [1.165, 1.54) is 0 Å². The van der Waals surface area contributed by atoms with Crippen LogP contribution >= 0.6 is 0 Å². The first-order valence-electron chi connectivity index (χ1n) is 8.38. The summed E-state index contributed by atoms with van der Waals surface area (Å²) in [6, 6.07) is 19.6. The fourth-order valence-corrected chi connectivity index (χ4v) is 2.19. The van der Waals surface area contributed by atoms with Crippen LogP contribution < -0.4 is 16.0 Å². The number of anilines is 1. The van der Waals surface area contributed by atoms with Crippen LogP contribution in [0.2, 0.25) is 0 Å². The predicted octanol–water partition coefficient (Wildman–Crippen LogP) is 1.42. The maximum absolute atomic E-state index is 10.5. The number of nitrogens with two attached hydrogens (primary N) is 1. The highest BCUT2D eigenvalue weighted by Crippen LogP contribution is 2.17. The molecule has 0 bridgehead atoms. The number of nitrogen functional groups attached to an aromatic ring is 1. The Morgan fingerprint density at radius 3 is 2.13 bits per heavy atom. The molecule has 0 fully saturated rings. The fraction of sp³-hybridized carbons (Fsp3) is 0. The van der Waals surface area contributed by atoms with Crippen LogP contribution in [0.4, 0.5) is 22.7 Å². The van der Waals surface area contributed by atoms with E-state index < -0.39 is 33.7 Å². The van der Waals surface area contributed by atoms with Crippen LogP contribution in [0.25, 0.3) is 0 Å². The summed E-state index contributed by atoms with van der Waals surface area (Å²) >= 11 is 0. The van der Waals surface area contributed by atoms with E-state index in [0.29, 0.717) is 6.07 Å². The van der Waals surface area contributed by atoms with Crippen LogP contribution in [0.3, 0.4) is 0 Å². The van der Waals surface area contributed by atoms with E-state index in [9.17, 15) is 24.8 Å². The maximum Gasteiger partial charge on any atom is 0.336 e. The van der Waals surface area contributed by atoms with Gasteiger partial charge in [-0.2, -0.15) is 0 Å². The highest BCUT2D eigenvalue weighted by atomic mass is 16.6. The largest absolute Gasteiger partial charge is 0.545 e. The monoisotopic (exact) mass is 408 g/mol. The minimum atomic E-state index is -1.77. The summed E-state index contributed by atoms with van der Waals surface area (Å²) in [4.78, 5) is 30.5. The number of rotatable bonds is 5. The van der Waals surface area contributed by atoms with Gasteiger partial charge in [-0.25, -0.2) is 4.79 Å². The number of nitro benzene ring substituents is 1. The van der Waals surface area contributed by atoms with Gasteiger partial charge in [-0.3, -0.25) is 10.1 Å². The second-order valence-corrected chi connectivity index (χ2v) is 5.76. The van der Waals surface area contributed by atoms with Crippen molar-refractivity contribution >= 4 is 34.7 Å². The number of para-hydroxylation sites is 1. The molecule has 0 radical (unpaired) electrons.